The second kappa shape index (κ2) is 7.71. The Kier molecular flexibility index (Phi) is 5.93. The summed E-state index contributed by atoms with van der Waals surface area (Å²) in [5, 5.41) is 2.95. The van der Waals surface area contributed by atoms with E-state index in [0.29, 0.717) is 24.5 Å². The standard InChI is InChI=1S/C15H23N3O3S/c16-15(19)12-17-9-3-4-13-5-7-14(8-6-13)22(20,21)18-10-1-2-11-18/h5-8,17H,1-4,9-12H2,(H2,16,19). The fourth-order valence-corrected chi connectivity index (χ4v) is 4.05. The highest BCUT2D eigenvalue weighted by molar-refractivity contribution is 7.89. The van der Waals surface area contributed by atoms with Gasteiger partial charge in [-0.1, -0.05) is 12.1 Å². The Bertz CT molecular complexity index is 593. The minimum absolute atomic E-state index is 0.188. The van der Waals surface area contributed by atoms with Crippen molar-refractivity contribution in [1.29, 1.82) is 0 Å². The first-order valence-corrected chi connectivity index (χ1v) is 9.02. The fourth-order valence-electron chi connectivity index (χ4n) is 2.53. The minimum atomic E-state index is -3.32. The van der Waals surface area contributed by atoms with E-state index < -0.39 is 10.0 Å². The predicted octanol–water partition coefficient (Wildman–Crippen LogP) is 0.479. The molecule has 1 aromatic rings. The van der Waals surface area contributed by atoms with Crippen molar-refractivity contribution in [3.8, 4) is 0 Å². The van der Waals surface area contributed by atoms with Gasteiger partial charge in [0, 0.05) is 13.1 Å². The number of nitrogens with zero attached hydrogens (tertiary/aromatic N) is 1. The molecule has 0 unspecified atom stereocenters. The first-order chi connectivity index (χ1) is 10.5. The molecule has 0 spiro atoms. The van der Waals surface area contributed by atoms with E-state index >= 15 is 0 Å². The van der Waals surface area contributed by atoms with Crippen molar-refractivity contribution in [3.05, 3.63) is 29.8 Å². The number of benzene rings is 1. The molecule has 1 fully saturated rings. The van der Waals surface area contributed by atoms with Gasteiger partial charge in [-0.2, -0.15) is 4.31 Å². The van der Waals surface area contributed by atoms with Crippen molar-refractivity contribution in [3.63, 3.8) is 0 Å². The minimum Gasteiger partial charge on any atom is -0.369 e. The highest BCUT2D eigenvalue weighted by Gasteiger charge is 2.26. The smallest absolute Gasteiger partial charge is 0.243 e. The van der Waals surface area contributed by atoms with Crippen molar-refractivity contribution in [1.82, 2.24) is 9.62 Å². The number of nitrogens with two attached hydrogens (primary N) is 1. The summed E-state index contributed by atoms with van der Waals surface area (Å²) in [6, 6.07) is 7.08. The molecule has 0 aromatic heterocycles. The van der Waals surface area contributed by atoms with Crippen LogP contribution in [0.1, 0.15) is 24.8 Å². The zero-order chi connectivity index (χ0) is 16.0. The lowest BCUT2D eigenvalue weighted by atomic mass is 10.1. The molecule has 6 nitrogen and oxygen atoms in total. The number of primary amides is 1. The molecule has 0 bridgehead atoms. The van der Waals surface area contributed by atoms with Gasteiger partial charge in [-0.05, 0) is 49.9 Å². The molecule has 1 aliphatic rings. The van der Waals surface area contributed by atoms with Crippen LogP contribution in [-0.2, 0) is 21.2 Å². The molecule has 1 amide bonds. The van der Waals surface area contributed by atoms with Gasteiger partial charge < -0.3 is 11.1 Å². The summed E-state index contributed by atoms with van der Waals surface area (Å²) >= 11 is 0. The van der Waals surface area contributed by atoms with E-state index in [1.807, 2.05) is 12.1 Å². The number of carbonyl (C=O) groups excluding carboxylic acids is 1. The Labute approximate surface area is 131 Å². The molecule has 1 aromatic carbocycles. The van der Waals surface area contributed by atoms with Gasteiger partial charge in [-0.25, -0.2) is 8.42 Å². The first-order valence-electron chi connectivity index (χ1n) is 7.58. The summed E-state index contributed by atoms with van der Waals surface area (Å²) in [4.78, 5) is 10.9. The van der Waals surface area contributed by atoms with E-state index in [9.17, 15) is 13.2 Å². The van der Waals surface area contributed by atoms with E-state index in [2.05, 4.69) is 5.32 Å². The molecule has 1 saturated heterocycles. The lowest BCUT2D eigenvalue weighted by Gasteiger charge is -2.15. The Morgan fingerprint density at radius 2 is 1.82 bits per heavy atom. The molecule has 0 radical (unpaired) electrons. The van der Waals surface area contributed by atoms with E-state index in [4.69, 9.17) is 5.73 Å². The number of carbonyl (C=O) groups is 1. The van der Waals surface area contributed by atoms with Gasteiger partial charge in [-0.15, -0.1) is 0 Å². The molecular weight excluding hydrogens is 302 g/mol. The Hall–Kier alpha value is -1.44. The zero-order valence-electron chi connectivity index (χ0n) is 12.6. The molecule has 2 rings (SSSR count). The topological polar surface area (TPSA) is 92.5 Å². The van der Waals surface area contributed by atoms with E-state index in [1.54, 1.807) is 16.4 Å². The zero-order valence-corrected chi connectivity index (χ0v) is 13.4. The summed E-state index contributed by atoms with van der Waals surface area (Å²) in [6.07, 6.45) is 3.58. The predicted molar refractivity (Wildman–Crippen MR) is 84.8 cm³/mol. The summed E-state index contributed by atoms with van der Waals surface area (Å²) in [5.74, 6) is -0.364. The number of hydrogen-bond donors (Lipinski definition) is 2. The van der Waals surface area contributed by atoms with Crippen LogP contribution >= 0.6 is 0 Å². The quantitative estimate of drug-likeness (QED) is 0.680. The van der Waals surface area contributed by atoms with Gasteiger partial charge >= 0.3 is 0 Å². The average molecular weight is 325 g/mol. The van der Waals surface area contributed by atoms with Crippen LogP contribution in [0.5, 0.6) is 0 Å². The second-order valence-corrected chi connectivity index (χ2v) is 7.44. The number of nitrogens with one attached hydrogen (secondary N) is 1. The first kappa shape index (κ1) is 16.9. The third kappa shape index (κ3) is 4.53. The Morgan fingerprint density at radius 1 is 1.18 bits per heavy atom. The normalized spacial score (nSPS) is 16.0. The van der Waals surface area contributed by atoms with Gasteiger partial charge in [0.15, 0.2) is 0 Å². The summed E-state index contributed by atoms with van der Waals surface area (Å²) in [5.41, 5.74) is 6.12. The molecule has 122 valence electrons. The second-order valence-electron chi connectivity index (χ2n) is 5.50. The molecule has 1 heterocycles. The van der Waals surface area contributed by atoms with Gasteiger partial charge in [0.25, 0.3) is 0 Å². The van der Waals surface area contributed by atoms with Crippen LogP contribution in [0.2, 0.25) is 0 Å². The van der Waals surface area contributed by atoms with E-state index in [1.165, 1.54) is 0 Å². The van der Waals surface area contributed by atoms with Crippen LogP contribution in [0.15, 0.2) is 29.2 Å². The highest BCUT2D eigenvalue weighted by Crippen LogP contribution is 2.21. The molecule has 22 heavy (non-hydrogen) atoms. The molecule has 3 N–H and O–H groups in total. The van der Waals surface area contributed by atoms with Crippen LogP contribution in [0.25, 0.3) is 0 Å². The van der Waals surface area contributed by atoms with Crippen molar-refractivity contribution in [2.45, 2.75) is 30.6 Å². The van der Waals surface area contributed by atoms with Crippen LogP contribution in [0.3, 0.4) is 0 Å². The van der Waals surface area contributed by atoms with Gasteiger partial charge in [0.2, 0.25) is 15.9 Å². The molecule has 0 saturated carbocycles. The number of aryl methyl sites for hydroxylation is 1. The third-order valence-electron chi connectivity index (χ3n) is 3.74. The summed E-state index contributed by atoms with van der Waals surface area (Å²) < 4.78 is 26.3. The van der Waals surface area contributed by atoms with Gasteiger partial charge in [0.05, 0.1) is 11.4 Å². The van der Waals surface area contributed by atoms with Crippen molar-refractivity contribution in [2.75, 3.05) is 26.2 Å². The third-order valence-corrected chi connectivity index (χ3v) is 5.66. The largest absolute Gasteiger partial charge is 0.369 e. The van der Waals surface area contributed by atoms with Crippen molar-refractivity contribution in [2.24, 2.45) is 5.73 Å². The Balaban J connectivity index is 1.86. The fraction of sp³-hybridized carbons (Fsp3) is 0.533. The summed E-state index contributed by atoms with van der Waals surface area (Å²) in [7, 11) is -3.32. The maximum atomic E-state index is 12.4. The maximum absolute atomic E-state index is 12.4. The number of sulfonamides is 1. The van der Waals surface area contributed by atoms with Gasteiger partial charge in [0.1, 0.15) is 0 Å². The lowest BCUT2D eigenvalue weighted by Crippen LogP contribution is -2.29. The Morgan fingerprint density at radius 3 is 2.41 bits per heavy atom. The summed E-state index contributed by atoms with van der Waals surface area (Å²) in [6.45, 7) is 2.13. The molecule has 0 atom stereocenters. The van der Waals surface area contributed by atoms with E-state index in [0.717, 1.165) is 31.2 Å². The lowest BCUT2D eigenvalue weighted by molar-refractivity contribution is -0.117. The molecule has 7 heteroatoms. The van der Waals surface area contributed by atoms with Crippen LogP contribution in [0, 0.1) is 0 Å². The monoisotopic (exact) mass is 325 g/mol. The van der Waals surface area contributed by atoms with Crippen LogP contribution < -0.4 is 11.1 Å². The van der Waals surface area contributed by atoms with Crippen LogP contribution in [0.4, 0.5) is 0 Å². The van der Waals surface area contributed by atoms with E-state index in [-0.39, 0.29) is 12.5 Å². The van der Waals surface area contributed by atoms with Crippen LogP contribution in [-0.4, -0.2) is 44.8 Å². The number of amides is 1. The molecule has 0 aliphatic carbocycles. The van der Waals surface area contributed by atoms with Crippen molar-refractivity contribution < 1.29 is 13.2 Å². The SMILES string of the molecule is NC(=O)CNCCCc1ccc(S(=O)(=O)N2CCCC2)cc1. The number of hydrogen-bond acceptors (Lipinski definition) is 4. The average Bonchev–Trinajstić information content (AvgIpc) is 3.02. The number of rotatable bonds is 8. The van der Waals surface area contributed by atoms with Crippen molar-refractivity contribution >= 4 is 15.9 Å². The maximum Gasteiger partial charge on any atom is 0.243 e. The molecular formula is C15H23N3O3S. The molecule has 1 aliphatic heterocycles. The van der Waals surface area contributed by atoms with Gasteiger partial charge in [-0.3, -0.25) is 4.79 Å². The highest BCUT2D eigenvalue weighted by atomic mass is 32.2.